The van der Waals surface area contributed by atoms with Gasteiger partial charge in [-0.1, -0.05) is 13.0 Å². The Morgan fingerprint density at radius 3 is 2.81 bits per heavy atom. The van der Waals surface area contributed by atoms with Crippen molar-refractivity contribution in [2.24, 2.45) is 5.92 Å². The van der Waals surface area contributed by atoms with E-state index in [1.54, 1.807) is 0 Å². The minimum Gasteiger partial charge on any atom is -0.393 e. The molecular formula is C17H25N3O. The third kappa shape index (κ3) is 4.20. The average Bonchev–Trinajstić information content (AvgIpc) is 2.45. The van der Waals surface area contributed by atoms with Crippen molar-refractivity contribution in [1.82, 2.24) is 5.32 Å². The molecule has 1 saturated carbocycles. The van der Waals surface area contributed by atoms with Crippen LogP contribution < -0.4 is 10.2 Å². The Kier molecular flexibility index (Phi) is 5.60. The summed E-state index contributed by atoms with van der Waals surface area (Å²) in [5, 5.41) is 22.1. The molecule has 0 bridgehead atoms. The van der Waals surface area contributed by atoms with Gasteiger partial charge in [-0.05, 0) is 49.4 Å². The van der Waals surface area contributed by atoms with Crippen LogP contribution in [-0.4, -0.2) is 31.3 Å². The van der Waals surface area contributed by atoms with Crippen LogP contribution in [0.1, 0.15) is 37.3 Å². The van der Waals surface area contributed by atoms with Gasteiger partial charge in [-0.2, -0.15) is 5.26 Å². The van der Waals surface area contributed by atoms with Crippen molar-refractivity contribution in [3.8, 4) is 6.07 Å². The second kappa shape index (κ2) is 7.44. The van der Waals surface area contributed by atoms with Gasteiger partial charge in [0.05, 0.1) is 17.4 Å². The van der Waals surface area contributed by atoms with Crippen LogP contribution in [0.2, 0.25) is 0 Å². The van der Waals surface area contributed by atoms with E-state index in [9.17, 15) is 10.4 Å². The fourth-order valence-electron chi connectivity index (χ4n) is 2.86. The third-order valence-electron chi connectivity index (χ3n) is 4.09. The number of hydrogen-bond donors (Lipinski definition) is 2. The Balaban J connectivity index is 2.00. The highest BCUT2D eigenvalue weighted by molar-refractivity contribution is 5.60. The lowest BCUT2D eigenvalue weighted by Crippen LogP contribution is -2.37. The average molecular weight is 287 g/mol. The Labute approximate surface area is 127 Å². The highest BCUT2D eigenvalue weighted by atomic mass is 16.3. The standard InChI is InChI=1S/C17H25N3O/c1-3-6-19-11-13-4-5-17(15(7-13)10-18)20(2)12-14-8-16(21)9-14/h4-5,7,14,16,19,21H,3,6,8-9,11-12H2,1-2H3. The van der Waals surface area contributed by atoms with E-state index in [-0.39, 0.29) is 6.10 Å². The molecule has 0 heterocycles. The van der Waals surface area contributed by atoms with Crippen molar-refractivity contribution in [2.75, 3.05) is 25.0 Å². The first-order valence-corrected chi connectivity index (χ1v) is 7.77. The Bertz CT molecular complexity index is 503. The maximum Gasteiger partial charge on any atom is 0.101 e. The van der Waals surface area contributed by atoms with E-state index in [4.69, 9.17) is 0 Å². The first kappa shape index (κ1) is 15.8. The largest absolute Gasteiger partial charge is 0.393 e. The summed E-state index contributed by atoms with van der Waals surface area (Å²) in [5.41, 5.74) is 2.86. The van der Waals surface area contributed by atoms with Gasteiger partial charge < -0.3 is 15.3 Å². The van der Waals surface area contributed by atoms with Gasteiger partial charge in [0.25, 0.3) is 0 Å². The molecule has 2 N–H and O–H groups in total. The molecule has 0 aliphatic heterocycles. The van der Waals surface area contributed by atoms with Crippen molar-refractivity contribution in [2.45, 2.75) is 38.8 Å². The van der Waals surface area contributed by atoms with E-state index in [0.29, 0.717) is 5.92 Å². The van der Waals surface area contributed by atoms with Crippen LogP contribution in [-0.2, 0) is 6.54 Å². The summed E-state index contributed by atoms with van der Waals surface area (Å²) in [7, 11) is 2.02. The van der Waals surface area contributed by atoms with Gasteiger partial charge in [-0.15, -0.1) is 0 Å². The maximum atomic E-state index is 9.37. The van der Waals surface area contributed by atoms with Gasteiger partial charge in [0.1, 0.15) is 6.07 Å². The van der Waals surface area contributed by atoms with E-state index in [2.05, 4.69) is 29.3 Å². The van der Waals surface area contributed by atoms with Crippen molar-refractivity contribution in [3.05, 3.63) is 29.3 Å². The van der Waals surface area contributed by atoms with E-state index in [0.717, 1.165) is 55.7 Å². The smallest absolute Gasteiger partial charge is 0.101 e. The highest BCUT2D eigenvalue weighted by Crippen LogP contribution is 2.30. The van der Waals surface area contributed by atoms with Crippen LogP contribution in [0, 0.1) is 17.2 Å². The van der Waals surface area contributed by atoms with Gasteiger partial charge in [0, 0.05) is 20.1 Å². The highest BCUT2D eigenvalue weighted by Gasteiger charge is 2.28. The minimum absolute atomic E-state index is 0.120. The zero-order valence-corrected chi connectivity index (χ0v) is 13.0. The Morgan fingerprint density at radius 1 is 1.43 bits per heavy atom. The van der Waals surface area contributed by atoms with Crippen LogP contribution in [0.15, 0.2) is 18.2 Å². The second-order valence-corrected chi connectivity index (χ2v) is 6.01. The predicted octanol–water partition coefficient (Wildman–Crippen LogP) is 2.26. The fourth-order valence-corrected chi connectivity index (χ4v) is 2.86. The number of nitrogens with one attached hydrogen (secondary N) is 1. The second-order valence-electron chi connectivity index (χ2n) is 6.01. The molecule has 0 unspecified atom stereocenters. The van der Waals surface area contributed by atoms with E-state index in [1.165, 1.54) is 0 Å². The van der Waals surface area contributed by atoms with Crippen molar-refractivity contribution < 1.29 is 5.11 Å². The van der Waals surface area contributed by atoms with Gasteiger partial charge in [0.2, 0.25) is 0 Å². The van der Waals surface area contributed by atoms with Crippen LogP contribution in [0.5, 0.6) is 0 Å². The molecule has 21 heavy (non-hydrogen) atoms. The molecule has 114 valence electrons. The molecule has 4 heteroatoms. The summed E-state index contributed by atoms with van der Waals surface area (Å²) in [6, 6.07) is 8.41. The Morgan fingerprint density at radius 2 is 2.19 bits per heavy atom. The molecule has 1 fully saturated rings. The lowest BCUT2D eigenvalue weighted by molar-refractivity contribution is 0.0465. The van der Waals surface area contributed by atoms with Crippen LogP contribution in [0.3, 0.4) is 0 Å². The van der Waals surface area contributed by atoms with Gasteiger partial charge >= 0.3 is 0 Å². The quantitative estimate of drug-likeness (QED) is 0.755. The first-order valence-electron chi connectivity index (χ1n) is 7.77. The SMILES string of the molecule is CCCNCc1ccc(N(C)CC2CC(O)C2)c(C#N)c1. The summed E-state index contributed by atoms with van der Waals surface area (Å²) in [6.45, 7) is 4.84. The molecule has 0 amide bonds. The first-order chi connectivity index (χ1) is 10.1. The molecule has 4 nitrogen and oxygen atoms in total. The number of rotatable bonds is 7. The summed E-state index contributed by atoms with van der Waals surface area (Å²) in [5.74, 6) is 0.544. The predicted molar refractivity (Wildman–Crippen MR) is 85.2 cm³/mol. The third-order valence-corrected chi connectivity index (χ3v) is 4.09. The number of aliphatic hydroxyl groups excluding tert-OH is 1. The van der Waals surface area contributed by atoms with E-state index >= 15 is 0 Å². The fraction of sp³-hybridized carbons (Fsp3) is 0.588. The molecule has 0 aromatic heterocycles. The summed E-state index contributed by atoms with van der Waals surface area (Å²) in [4.78, 5) is 2.14. The maximum absolute atomic E-state index is 9.37. The van der Waals surface area contributed by atoms with Crippen molar-refractivity contribution in [1.29, 1.82) is 5.26 Å². The number of anilines is 1. The van der Waals surface area contributed by atoms with Crippen molar-refractivity contribution >= 4 is 5.69 Å². The summed E-state index contributed by atoms with van der Waals surface area (Å²) in [6.07, 6.45) is 2.75. The molecule has 0 spiro atoms. The van der Waals surface area contributed by atoms with E-state index < -0.39 is 0 Å². The molecule has 1 aliphatic rings. The van der Waals surface area contributed by atoms with Gasteiger partial charge in [-0.3, -0.25) is 0 Å². The van der Waals surface area contributed by atoms with Crippen LogP contribution >= 0.6 is 0 Å². The molecule has 1 aliphatic carbocycles. The number of nitrogens with zero attached hydrogens (tertiary/aromatic N) is 2. The molecule has 1 aromatic rings. The Hall–Kier alpha value is -1.57. The number of benzene rings is 1. The minimum atomic E-state index is -0.120. The monoisotopic (exact) mass is 287 g/mol. The number of hydrogen-bond acceptors (Lipinski definition) is 4. The zero-order chi connectivity index (χ0) is 15.2. The van der Waals surface area contributed by atoms with Crippen LogP contribution in [0.25, 0.3) is 0 Å². The molecule has 1 aromatic carbocycles. The lowest BCUT2D eigenvalue weighted by Gasteiger charge is -2.35. The molecule has 0 radical (unpaired) electrons. The molecule has 2 rings (SSSR count). The number of nitriles is 1. The molecule has 0 atom stereocenters. The molecule has 0 saturated heterocycles. The lowest BCUT2D eigenvalue weighted by atomic mass is 9.82. The molecular weight excluding hydrogens is 262 g/mol. The number of aliphatic hydroxyl groups is 1. The van der Waals surface area contributed by atoms with E-state index in [1.807, 2.05) is 19.2 Å². The topological polar surface area (TPSA) is 59.3 Å². The van der Waals surface area contributed by atoms with Gasteiger partial charge in [0.15, 0.2) is 0 Å². The van der Waals surface area contributed by atoms with Crippen LogP contribution in [0.4, 0.5) is 5.69 Å². The zero-order valence-electron chi connectivity index (χ0n) is 13.0. The summed E-state index contributed by atoms with van der Waals surface area (Å²) >= 11 is 0. The van der Waals surface area contributed by atoms with Gasteiger partial charge in [-0.25, -0.2) is 0 Å². The summed E-state index contributed by atoms with van der Waals surface area (Å²) < 4.78 is 0. The normalized spacial score (nSPS) is 20.7. The van der Waals surface area contributed by atoms with Crippen molar-refractivity contribution in [3.63, 3.8) is 0 Å².